The number of hydrogen-bond donors (Lipinski definition) is 0. The van der Waals surface area contributed by atoms with Gasteiger partial charge in [0.1, 0.15) is 0 Å². The van der Waals surface area contributed by atoms with Crippen molar-refractivity contribution in [2.45, 2.75) is 12.8 Å². The van der Waals surface area contributed by atoms with Crippen molar-refractivity contribution in [3.63, 3.8) is 0 Å². The summed E-state index contributed by atoms with van der Waals surface area (Å²) in [5.74, 6) is -0.264. The highest BCUT2D eigenvalue weighted by Crippen LogP contribution is 2.31. The minimum absolute atomic E-state index is 0.152. The van der Waals surface area contributed by atoms with Crippen LogP contribution >= 0.6 is 0 Å². The van der Waals surface area contributed by atoms with Crippen LogP contribution in [0.25, 0.3) is 0 Å². The molecule has 4 nitrogen and oxygen atoms in total. The number of rotatable bonds is 2. The van der Waals surface area contributed by atoms with E-state index < -0.39 is 0 Å². The molecule has 19 heavy (non-hydrogen) atoms. The van der Waals surface area contributed by atoms with E-state index in [1.807, 2.05) is 18.2 Å². The first-order valence-electron chi connectivity index (χ1n) is 6.50. The Balaban J connectivity index is 1.85. The maximum Gasteiger partial charge on any atom is 0.261 e. The summed E-state index contributed by atoms with van der Waals surface area (Å²) >= 11 is 0. The first kappa shape index (κ1) is 12.1. The SMILES string of the molecule is O=C1C=C(C2CCOCC2)C(=O)N1c1ccccc1. The van der Waals surface area contributed by atoms with Gasteiger partial charge >= 0.3 is 0 Å². The Kier molecular flexibility index (Phi) is 3.17. The van der Waals surface area contributed by atoms with Crippen molar-refractivity contribution in [1.82, 2.24) is 0 Å². The van der Waals surface area contributed by atoms with Crippen molar-refractivity contribution < 1.29 is 14.3 Å². The van der Waals surface area contributed by atoms with Crippen molar-refractivity contribution in [2.24, 2.45) is 5.92 Å². The van der Waals surface area contributed by atoms with Crippen LogP contribution in [-0.2, 0) is 14.3 Å². The number of benzene rings is 1. The molecule has 2 aliphatic rings. The number of para-hydroxylation sites is 1. The molecule has 0 unspecified atom stereocenters. The van der Waals surface area contributed by atoms with Crippen LogP contribution < -0.4 is 4.90 Å². The molecule has 1 saturated heterocycles. The van der Waals surface area contributed by atoms with Crippen LogP contribution in [0.2, 0.25) is 0 Å². The van der Waals surface area contributed by atoms with Crippen LogP contribution in [0.3, 0.4) is 0 Å². The molecule has 2 amide bonds. The predicted molar refractivity (Wildman–Crippen MR) is 70.6 cm³/mol. The monoisotopic (exact) mass is 257 g/mol. The highest BCUT2D eigenvalue weighted by Gasteiger charge is 2.36. The molecular weight excluding hydrogens is 242 g/mol. The van der Waals surface area contributed by atoms with E-state index in [1.165, 1.54) is 11.0 Å². The lowest BCUT2D eigenvalue weighted by Crippen LogP contribution is -2.32. The van der Waals surface area contributed by atoms with E-state index in [-0.39, 0.29) is 17.7 Å². The van der Waals surface area contributed by atoms with Gasteiger partial charge in [0, 0.05) is 24.9 Å². The minimum Gasteiger partial charge on any atom is -0.381 e. The summed E-state index contributed by atoms with van der Waals surface area (Å²) in [7, 11) is 0. The third-order valence-electron chi connectivity index (χ3n) is 3.62. The number of anilines is 1. The summed E-state index contributed by atoms with van der Waals surface area (Å²) in [5, 5.41) is 0. The standard InChI is InChI=1S/C15H15NO3/c17-14-10-13(11-6-8-19-9-7-11)15(18)16(14)12-4-2-1-3-5-12/h1-5,10-11H,6-9H2. The smallest absolute Gasteiger partial charge is 0.261 e. The lowest BCUT2D eigenvalue weighted by atomic mass is 9.91. The van der Waals surface area contributed by atoms with Crippen molar-refractivity contribution in [2.75, 3.05) is 18.1 Å². The van der Waals surface area contributed by atoms with Crippen LogP contribution in [0.4, 0.5) is 5.69 Å². The van der Waals surface area contributed by atoms with Gasteiger partial charge in [-0.25, -0.2) is 4.90 Å². The zero-order valence-corrected chi connectivity index (χ0v) is 10.5. The molecule has 1 aromatic carbocycles. The molecule has 2 heterocycles. The molecule has 0 bridgehead atoms. The van der Waals surface area contributed by atoms with Crippen LogP contribution in [-0.4, -0.2) is 25.0 Å². The number of hydrogen-bond acceptors (Lipinski definition) is 3. The van der Waals surface area contributed by atoms with Gasteiger partial charge in [0.2, 0.25) is 0 Å². The van der Waals surface area contributed by atoms with Crippen LogP contribution in [0.1, 0.15) is 12.8 Å². The fraction of sp³-hybridized carbons (Fsp3) is 0.333. The summed E-state index contributed by atoms with van der Waals surface area (Å²) in [4.78, 5) is 25.7. The maximum atomic E-state index is 12.4. The van der Waals surface area contributed by atoms with E-state index in [0.717, 1.165) is 12.8 Å². The number of nitrogens with zero attached hydrogens (tertiary/aromatic N) is 1. The average Bonchev–Trinajstić information content (AvgIpc) is 2.76. The third kappa shape index (κ3) is 2.19. The molecule has 0 aromatic heterocycles. The lowest BCUT2D eigenvalue weighted by Gasteiger charge is -2.23. The Hall–Kier alpha value is -1.94. The Bertz CT molecular complexity index is 530. The highest BCUT2D eigenvalue weighted by atomic mass is 16.5. The molecule has 0 saturated carbocycles. The fourth-order valence-corrected chi connectivity index (χ4v) is 2.61. The Morgan fingerprint density at radius 3 is 2.42 bits per heavy atom. The van der Waals surface area contributed by atoms with Gasteiger partial charge in [-0.05, 0) is 30.9 Å². The quantitative estimate of drug-likeness (QED) is 0.760. The average molecular weight is 257 g/mol. The summed E-state index contributed by atoms with van der Waals surface area (Å²) in [5.41, 5.74) is 1.27. The van der Waals surface area contributed by atoms with Gasteiger partial charge in [-0.2, -0.15) is 0 Å². The van der Waals surface area contributed by atoms with Gasteiger partial charge in [0.05, 0.1) is 5.69 Å². The van der Waals surface area contributed by atoms with E-state index in [4.69, 9.17) is 4.74 Å². The largest absolute Gasteiger partial charge is 0.381 e. The van der Waals surface area contributed by atoms with Crippen molar-refractivity contribution in [3.8, 4) is 0 Å². The molecule has 0 spiro atoms. The summed E-state index contributed by atoms with van der Waals surface area (Å²) in [6.07, 6.45) is 3.12. The van der Waals surface area contributed by atoms with E-state index in [0.29, 0.717) is 24.5 Å². The Labute approximate surface area is 111 Å². The van der Waals surface area contributed by atoms with Gasteiger partial charge in [0.25, 0.3) is 11.8 Å². The fourth-order valence-electron chi connectivity index (χ4n) is 2.61. The second-order valence-electron chi connectivity index (χ2n) is 4.80. The molecule has 1 aromatic rings. The van der Waals surface area contributed by atoms with Gasteiger partial charge in [0.15, 0.2) is 0 Å². The van der Waals surface area contributed by atoms with Crippen molar-refractivity contribution in [3.05, 3.63) is 42.0 Å². The van der Waals surface area contributed by atoms with Crippen LogP contribution in [0, 0.1) is 5.92 Å². The molecule has 0 aliphatic carbocycles. The number of carbonyl (C=O) groups excluding carboxylic acids is 2. The van der Waals surface area contributed by atoms with Crippen LogP contribution in [0.15, 0.2) is 42.0 Å². The number of amides is 2. The first-order chi connectivity index (χ1) is 9.27. The molecule has 98 valence electrons. The molecule has 1 fully saturated rings. The number of imide groups is 1. The molecule has 2 aliphatic heterocycles. The van der Waals surface area contributed by atoms with Crippen molar-refractivity contribution >= 4 is 17.5 Å². The van der Waals surface area contributed by atoms with E-state index in [9.17, 15) is 9.59 Å². The van der Waals surface area contributed by atoms with E-state index >= 15 is 0 Å². The topological polar surface area (TPSA) is 46.6 Å². The highest BCUT2D eigenvalue weighted by molar-refractivity contribution is 6.30. The minimum atomic E-state index is -0.238. The molecule has 0 atom stereocenters. The third-order valence-corrected chi connectivity index (χ3v) is 3.62. The first-order valence-corrected chi connectivity index (χ1v) is 6.50. The molecule has 3 rings (SSSR count). The molecule has 4 heteroatoms. The van der Waals surface area contributed by atoms with Gasteiger partial charge in [-0.1, -0.05) is 18.2 Å². The summed E-state index contributed by atoms with van der Waals surface area (Å²) < 4.78 is 5.30. The van der Waals surface area contributed by atoms with Gasteiger partial charge in [-0.3, -0.25) is 9.59 Å². The molecule has 0 N–H and O–H groups in total. The predicted octanol–water partition coefficient (Wildman–Crippen LogP) is 1.91. The zero-order valence-electron chi connectivity index (χ0n) is 10.5. The second kappa shape index (κ2) is 4.97. The Morgan fingerprint density at radius 2 is 1.74 bits per heavy atom. The zero-order chi connectivity index (χ0) is 13.2. The van der Waals surface area contributed by atoms with Gasteiger partial charge < -0.3 is 4.74 Å². The number of ether oxygens (including phenoxy) is 1. The second-order valence-corrected chi connectivity index (χ2v) is 4.80. The Morgan fingerprint density at radius 1 is 1.05 bits per heavy atom. The summed E-state index contributed by atoms with van der Waals surface area (Å²) in [6.45, 7) is 1.32. The summed E-state index contributed by atoms with van der Waals surface area (Å²) in [6, 6.07) is 9.05. The maximum absolute atomic E-state index is 12.4. The van der Waals surface area contributed by atoms with E-state index in [2.05, 4.69) is 0 Å². The van der Waals surface area contributed by atoms with Gasteiger partial charge in [-0.15, -0.1) is 0 Å². The van der Waals surface area contributed by atoms with Crippen LogP contribution in [0.5, 0.6) is 0 Å². The molecular formula is C15H15NO3. The van der Waals surface area contributed by atoms with E-state index in [1.54, 1.807) is 12.1 Å². The number of carbonyl (C=O) groups is 2. The normalized spacial score (nSPS) is 20.8. The molecule has 0 radical (unpaired) electrons. The van der Waals surface area contributed by atoms with Crippen molar-refractivity contribution in [1.29, 1.82) is 0 Å². The lowest BCUT2D eigenvalue weighted by molar-refractivity contribution is -0.120.